The monoisotopic (exact) mass is 341 g/mol. The molecule has 23 heavy (non-hydrogen) atoms. The first-order valence-electron chi connectivity index (χ1n) is 8.49. The van der Waals surface area contributed by atoms with Gasteiger partial charge in [-0.15, -0.1) is 12.4 Å². The second-order valence-corrected chi connectivity index (χ2v) is 7.69. The van der Waals surface area contributed by atoms with Gasteiger partial charge < -0.3 is 14.7 Å². The number of aliphatic hydroxyl groups excluding tert-OH is 1. The minimum atomic E-state index is -0.429. The summed E-state index contributed by atoms with van der Waals surface area (Å²) in [5.74, 6) is 1.71. The Kier molecular flexibility index (Phi) is 7.85. The lowest BCUT2D eigenvalue weighted by Gasteiger charge is -2.31. The van der Waals surface area contributed by atoms with E-state index in [0.29, 0.717) is 13.2 Å². The number of likely N-dealkylation sites (tertiary alicyclic amines) is 1. The smallest absolute Gasteiger partial charge is 0.123 e. The molecule has 0 aliphatic carbocycles. The van der Waals surface area contributed by atoms with Gasteiger partial charge in [0, 0.05) is 6.54 Å². The first-order valence-corrected chi connectivity index (χ1v) is 8.49. The molecule has 1 saturated heterocycles. The lowest BCUT2D eigenvalue weighted by atomic mass is 9.86. The van der Waals surface area contributed by atoms with Gasteiger partial charge in [-0.1, -0.05) is 45.9 Å². The van der Waals surface area contributed by atoms with Crippen LogP contribution in [0.5, 0.6) is 5.75 Å². The number of aliphatic hydroxyl groups is 1. The maximum absolute atomic E-state index is 10.3. The van der Waals surface area contributed by atoms with Crippen LogP contribution in [0.25, 0.3) is 0 Å². The van der Waals surface area contributed by atoms with E-state index >= 15 is 0 Å². The summed E-state index contributed by atoms with van der Waals surface area (Å²) < 4.78 is 5.91. The van der Waals surface area contributed by atoms with Gasteiger partial charge in [-0.3, -0.25) is 0 Å². The van der Waals surface area contributed by atoms with E-state index in [-0.39, 0.29) is 17.8 Å². The molecule has 3 nitrogen and oxygen atoms in total. The summed E-state index contributed by atoms with van der Waals surface area (Å²) in [6, 6.07) is 8.13. The van der Waals surface area contributed by atoms with Gasteiger partial charge in [-0.2, -0.15) is 0 Å². The first-order chi connectivity index (χ1) is 10.4. The van der Waals surface area contributed by atoms with Crippen LogP contribution in [0.4, 0.5) is 0 Å². The highest BCUT2D eigenvalue weighted by molar-refractivity contribution is 5.85. The third-order valence-corrected chi connectivity index (χ3v) is 4.47. The minimum Gasteiger partial charge on any atom is -0.491 e. The Labute approximate surface area is 147 Å². The van der Waals surface area contributed by atoms with Crippen molar-refractivity contribution in [3.8, 4) is 5.75 Å². The van der Waals surface area contributed by atoms with E-state index in [9.17, 15) is 5.11 Å². The largest absolute Gasteiger partial charge is 0.491 e. The van der Waals surface area contributed by atoms with E-state index in [1.165, 1.54) is 18.4 Å². The fourth-order valence-electron chi connectivity index (χ4n) is 2.99. The van der Waals surface area contributed by atoms with E-state index in [0.717, 1.165) is 24.8 Å². The maximum atomic E-state index is 10.3. The van der Waals surface area contributed by atoms with Crippen LogP contribution < -0.4 is 4.74 Å². The molecule has 1 aromatic carbocycles. The minimum absolute atomic E-state index is 0. The fraction of sp³-hybridized carbons (Fsp3) is 0.684. The van der Waals surface area contributed by atoms with Crippen LogP contribution in [-0.4, -0.2) is 42.4 Å². The number of hydrogen-bond acceptors (Lipinski definition) is 3. The molecule has 1 aromatic rings. The highest BCUT2D eigenvalue weighted by Crippen LogP contribution is 2.31. The molecule has 1 unspecified atom stereocenters. The van der Waals surface area contributed by atoms with Crippen molar-refractivity contribution in [3.05, 3.63) is 29.8 Å². The number of piperidine rings is 1. The van der Waals surface area contributed by atoms with Crippen LogP contribution in [0, 0.1) is 5.92 Å². The number of β-amino-alcohol motifs (C(OH)–C–C–N with tert-alkyl or cyclic N) is 1. The Bertz CT molecular complexity index is 465. The molecule has 0 saturated carbocycles. The van der Waals surface area contributed by atoms with Crippen LogP contribution in [0.3, 0.4) is 0 Å². The molecule has 0 bridgehead atoms. The van der Waals surface area contributed by atoms with Crippen molar-refractivity contribution in [2.45, 2.75) is 52.1 Å². The van der Waals surface area contributed by atoms with E-state index in [1.807, 2.05) is 18.2 Å². The Balaban J connectivity index is 0.00000264. The van der Waals surface area contributed by atoms with Crippen molar-refractivity contribution in [2.24, 2.45) is 5.92 Å². The summed E-state index contributed by atoms with van der Waals surface area (Å²) >= 11 is 0. The van der Waals surface area contributed by atoms with Gasteiger partial charge in [0.15, 0.2) is 0 Å². The van der Waals surface area contributed by atoms with Gasteiger partial charge >= 0.3 is 0 Å². The summed E-state index contributed by atoms with van der Waals surface area (Å²) in [5, 5.41) is 10.3. The van der Waals surface area contributed by atoms with Crippen molar-refractivity contribution in [2.75, 3.05) is 26.2 Å². The molecule has 1 aliphatic rings. The molecule has 2 rings (SSSR count). The number of hydrogen-bond donors (Lipinski definition) is 1. The van der Waals surface area contributed by atoms with Gasteiger partial charge in [0.2, 0.25) is 0 Å². The molecule has 1 N–H and O–H groups in total. The summed E-state index contributed by atoms with van der Waals surface area (Å²) in [5.41, 5.74) is 1.24. The molecular weight excluding hydrogens is 310 g/mol. The van der Waals surface area contributed by atoms with E-state index < -0.39 is 6.10 Å². The summed E-state index contributed by atoms with van der Waals surface area (Å²) in [6.45, 7) is 12.1. The maximum Gasteiger partial charge on any atom is 0.123 e. The highest BCUT2D eigenvalue weighted by Gasteiger charge is 2.21. The van der Waals surface area contributed by atoms with Crippen LogP contribution in [-0.2, 0) is 5.41 Å². The van der Waals surface area contributed by atoms with Gasteiger partial charge in [-0.25, -0.2) is 0 Å². The van der Waals surface area contributed by atoms with Gasteiger partial charge in [0.1, 0.15) is 18.5 Å². The van der Waals surface area contributed by atoms with Crippen molar-refractivity contribution in [1.82, 2.24) is 4.90 Å². The third-order valence-electron chi connectivity index (χ3n) is 4.47. The number of benzene rings is 1. The number of rotatable bonds is 5. The van der Waals surface area contributed by atoms with Crippen LogP contribution in [0.2, 0.25) is 0 Å². The van der Waals surface area contributed by atoms with Gasteiger partial charge in [-0.05, 0) is 48.9 Å². The summed E-state index contributed by atoms with van der Waals surface area (Å²) in [6.07, 6.45) is 2.04. The van der Waals surface area contributed by atoms with Crippen molar-refractivity contribution >= 4 is 12.4 Å². The Morgan fingerprint density at radius 1 is 1.22 bits per heavy atom. The van der Waals surface area contributed by atoms with Crippen molar-refractivity contribution in [3.63, 3.8) is 0 Å². The molecule has 0 aromatic heterocycles. The van der Waals surface area contributed by atoms with E-state index in [1.54, 1.807) is 0 Å². The molecule has 0 radical (unpaired) electrons. The molecule has 1 heterocycles. The number of ether oxygens (including phenoxy) is 1. The predicted molar refractivity (Wildman–Crippen MR) is 98.7 cm³/mol. The molecule has 1 atom stereocenters. The topological polar surface area (TPSA) is 32.7 Å². The highest BCUT2D eigenvalue weighted by atomic mass is 35.5. The number of halogens is 1. The lowest BCUT2D eigenvalue weighted by molar-refractivity contribution is 0.0557. The Hall–Kier alpha value is -0.770. The van der Waals surface area contributed by atoms with E-state index in [4.69, 9.17) is 4.74 Å². The van der Waals surface area contributed by atoms with Crippen molar-refractivity contribution < 1.29 is 9.84 Å². The molecule has 4 heteroatoms. The summed E-state index contributed by atoms with van der Waals surface area (Å²) in [7, 11) is 0. The Morgan fingerprint density at radius 3 is 2.43 bits per heavy atom. The third kappa shape index (κ3) is 6.33. The zero-order valence-electron chi connectivity index (χ0n) is 14.9. The van der Waals surface area contributed by atoms with E-state index in [2.05, 4.69) is 38.7 Å². The molecule has 1 aliphatic heterocycles. The van der Waals surface area contributed by atoms with Crippen LogP contribution in [0.15, 0.2) is 24.3 Å². The molecule has 132 valence electrons. The SMILES string of the molecule is CC1CCN(CC(O)COc2ccccc2C(C)(C)C)CC1.Cl. The zero-order valence-corrected chi connectivity index (χ0v) is 15.7. The van der Waals surface area contributed by atoms with Crippen LogP contribution in [0.1, 0.15) is 46.1 Å². The Morgan fingerprint density at radius 2 is 1.83 bits per heavy atom. The molecule has 0 spiro atoms. The fourth-order valence-corrected chi connectivity index (χ4v) is 2.99. The average Bonchev–Trinajstić information content (AvgIpc) is 2.47. The van der Waals surface area contributed by atoms with Gasteiger partial charge in [0.05, 0.1) is 0 Å². The first kappa shape index (κ1) is 20.3. The predicted octanol–water partition coefficient (Wildman–Crippen LogP) is 3.88. The van der Waals surface area contributed by atoms with Crippen LogP contribution >= 0.6 is 12.4 Å². The van der Waals surface area contributed by atoms with Crippen molar-refractivity contribution in [1.29, 1.82) is 0 Å². The molecular formula is C19H32ClNO2. The standard InChI is InChI=1S/C19H31NO2.ClH/c1-15-9-11-20(12-10-15)13-16(21)14-22-18-8-6-5-7-17(18)19(2,3)4;/h5-8,15-16,21H,9-14H2,1-4H3;1H. The lowest BCUT2D eigenvalue weighted by Crippen LogP contribution is -2.40. The second kappa shape index (κ2) is 8.91. The molecule has 0 amide bonds. The summed E-state index contributed by atoms with van der Waals surface area (Å²) in [4.78, 5) is 2.35. The van der Waals surface area contributed by atoms with Gasteiger partial charge in [0.25, 0.3) is 0 Å². The molecule has 1 fully saturated rings. The number of para-hydroxylation sites is 1. The second-order valence-electron chi connectivity index (χ2n) is 7.69. The zero-order chi connectivity index (χ0) is 16.2. The normalized spacial score (nSPS) is 18.3. The number of nitrogens with zero attached hydrogens (tertiary/aromatic N) is 1. The average molecular weight is 342 g/mol. The quantitative estimate of drug-likeness (QED) is 0.882.